The standard InChI is InChI=1S/C16H16N6O4S2/c1-9-18-5-4-13(19-9)22-16(23)26-14-15(27-10(2)20-14)21-11-6-12(8-17-7-11)28(3,24)25/h4-8,21H,1-3H3,(H,18,19,22,23). The van der Waals surface area contributed by atoms with Crippen molar-refractivity contribution in [1.82, 2.24) is 19.9 Å². The van der Waals surface area contributed by atoms with E-state index >= 15 is 0 Å². The number of ether oxygens (including phenoxy) is 1. The van der Waals surface area contributed by atoms with Gasteiger partial charge in [0.05, 0.1) is 21.8 Å². The van der Waals surface area contributed by atoms with Gasteiger partial charge in [0.15, 0.2) is 14.8 Å². The van der Waals surface area contributed by atoms with Gasteiger partial charge in [-0.15, -0.1) is 0 Å². The second kappa shape index (κ2) is 7.86. The molecule has 3 rings (SSSR count). The van der Waals surface area contributed by atoms with Gasteiger partial charge in [-0.2, -0.15) is 0 Å². The Bertz CT molecular complexity index is 1130. The van der Waals surface area contributed by atoms with E-state index in [9.17, 15) is 13.2 Å². The monoisotopic (exact) mass is 420 g/mol. The summed E-state index contributed by atoms with van der Waals surface area (Å²) < 4.78 is 28.6. The molecule has 12 heteroatoms. The molecule has 0 fully saturated rings. The summed E-state index contributed by atoms with van der Waals surface area (Å²) >= 11 is 1.24. The highest BCUT2D eigenvalue weighted by Gasteiger charge is 2.17. The third kappa shape index (κ3) is 4.98. The molecule has 3 heterocycles. The Morgan fingerprint density at radius 3 is 2.71 bits per heavy atom. The molecule has 0 spiro atoms. The minimum absolute atomic E-state index is 0.0514. The number of nitrogens with one attached hydrogen (secondary N) is 2. The zero-order valence-electron chi connectivity index (χ0n) is 15.1. The summed E-state index contributed by atoms with van der Waals surface area (Å²) in [7, 11) is -3.40. The predicted molar refractivity (Wildman–Crippen MR) is 104 cm³/mol. The normalized spacial score (nSPS) is 11.1. The van der Waals surface area contributed by atoms with Crippen LogP contribution in [-0.2, 0) is 9.84 Å². The molecule has 0 radical (unpaired) electrons. The minimum atomic E-state index is -3.40. The summed E-state index contributed by atoms with van der Waals surface area (Å²) in [5.74, 6) is 0.850. The van der Waals surface area contributed by atoms with E-state index in [1.54, 1.807) is 13.8 Å². The highest BCUT2D eigenvalue weighted by atomic mass is 32.2. The Labute approximate surface area is 165 Å². The van der Waals surface area contributed by atoms with E-state index in [-0.39, 0.29) is 10.8 Å². The number of pyridine rings is 1. The summed E-state index contributed by atoms with van der Waals surface area (Å²) in [6.07, 6.45) is 4.55. The van der Waals surface area contributed by atoms with E-state index in [1.807, 2.05) is 0 Å². The van der Waals surface area contributed by atoms with Crippen LogP contribution in [0.1, 0.15) is 10.8 Å². The Kier molecular flexibility index (Phi) is 5.51. The number of aryl methyl sites for hydroxylation is 2. The molecule has 3 aromatic heterocycles. The maximum Gasteiger partial charge on any atom is 0.419 e. The average Bonchev–Trinajstić information content (AvgIpc) is 2.93. The Hall–Kier alpha value is -3.12. The molecule has 0 atom stereocenters. The van der Waals surface area contributed by atoms with Crippen molar-refractivity contribution in [3.8, 4) is 5.88 Å². The summed E-state index contributed by atoms with van der Waals surface area (Å²) in [6.45, 7) is 3.44. The first-order chi connectivity index (χ1) is 13.2. The molecule has 10 nitrogen and oxygen atoms in total. The van der Waals surface area contributed by atoms with Crippen LogP contribution in [0, 0.1) is 13.8 Å². The van der Waals surface area contributed by atoms with E-state index in [4.69, 9.17) is 4.74 Å². The lowest BCUT2D eigenvalue weighted by Gasteiger charge is -2.08. The Morgan fingerprint density at radius 1 is 1.21 bits per heavy atom. The van der Waals surface area contributed by atoms with Crippen molar-refractivity contribution in [1.29, 1.82) is 0 Å². The van der Waals surface area contributed by atoms with Crippen LogP contribution in [0.3, 0.4) is 0 Å². The number of carbonyl (C=O) groups is 1. The number of anilines is 3. The molecule has 3 aromatic rings. The first kappa shape index (κ1) is 19.6. The minimum Gasteiger partial charge on any atom is -0.388 e. The molecule has 0 saturated heterocycles. The molecule has 0 saturated carbocycles. The Balaban J connectivity index is 1.77. The van der Waals surface area contributed by atoms with Crippen molar-refractivity contribution < 1.29 is 17.9 Å². The van der Waals surface area contributed by atoms with Crippen LogP contribution in [0.5, 0.6) is 5.88 Å². The van der Waals surface area contributed by atoms with Gasteiger partial charge in [0.1, 0.15) is 11.6 Å². The lowest BCUT2D eigenvalue weighted by atomic mass is 10.4. The molecular weight excluding hydrogens is 404 g/mol. The van der Waals surface area contributed by atoms with E-state index in [0.29, 0.717) is 27.3 Å². The van der Waals surface area contributed by atoms with E-state index in [2.05, 4.69) is 30.6 Å². The maximum absolute atomic E-state index is 12.1. The lowest BCUT2D eigenvalue weighted by molar-refractivity contribution is 0.213. The fourth-order valence-corrected chi connectivity index (χ4v) is 3.48. The van der Waals surface area contributed by atoms with Gasteiger partial charge in [0, 0.05) is 18.6 Å². The van der Waals surface area contributed by atoms with Gasteiger partial charge in [-0.05, 0) is 26.0 Å². The largest absolute Gasteiger partial charge is 0.419 e. The van der Waals surface area contributed by atoms with Gasteiger partial charge in [0.2, 0.25) is 0 Å². The van der Waals surface area contributed by atoms with Crippen LogP contribution in [-0.4, -0.2) is 40.7 Å². The highest BCUT2D eigenvalue weighted by molar-refractivity contribution is 7.90. The second-order valence-corrected chi connectivity index (χ2v) is 8.90. The van der Waals surface area contributed by atoms with Crippen molar-refractivity contribution in [3.63, 3.8) is 0 Å². The molecule has 0 aliphatic heterocycles. The van der Waals surface area contributed by atoms with Crippen molar-refractivity contribution in [2.45, 2.75) is 18.7 Å². The number of sulfone groups is 1. The van der Waals surface area contributed by atoms with Crippen molar-refractivity contribution >= 4 is 43.8 Å². The van der Waals surface area contributed by atoms with Crippen LogP contribution in [0.25, 0.3) is 0 Å². The summed E-state index contributed by atoms with van der Waals surface area (Å²) in [4.78, 5) is 28.3. The number of hydrogen-bond donors (Lipinski definition) is 2. The van der Waals surface area contributed by atoms with Gasteiger partial charge in [0.25, 0.3) is 5.88 Å². The summed E-state index contributed by atoms with van der Waals surface area (Å²) in [6, 6.07) is 2.97. The van der Waals surface area contributed by atoms with Crippen LogP contribution >= 0.6 is 11.3 Å². The van der Waals surface area contributed by atoms with Gasteiger partial charge in [-0.25, -0.2) is 28.2 Å². The molecule has 0 aliphatic rings. The maximum atomic E-state index is 12.1. The van der Waals surface area contributed by atoms with Crippen LogP contribution < -0.4 is 15.4 Å². The van der Waals surface area contributed by atoms with Gasteiger partial charge in [-0.1, -0.05) is 11.3 Å². The van der Waals surface area contributed by atoms with E-state index in [1.165, 1.54) is 42.1 Å². The number of aromatic nitrogens is 4. The molecule has 0 unspecified atom stereocenters. The molecule has 1 amide bonds. The first-order valence-electron chi connectivity index (χ1n) is 7.89. The van der Waals surface area contributed by atoms with Crippen LogP contribution in [0.4, 0.5) is 21.3 Å². The fourth-order valence-electron chi connectivity index (χ4n) is 2.12. The first-order valence-corrected chi connectivity index (χ1v) is 10.6. The molecule has 28 heavy (non-hydrogen) atoms. The molecule has 0 aromatic carbocycles. The van der Waals surface area contributed by atoms with E-state index < -0.39 is 15.9 Å². The molecule has 2 N–H and O–H groups in total. The zero-order chi connectivity index (χ0) is 20.3. The van der Waals surface area contributed by atoms with Crippen LogP contribution in [0.15, 0.2) is 35.6 Å². The number of amides is 1. The van der Waals surface area contributed by atoms with Gasteiger partial charge in [-0.3, -0.25) is 10.3 Å². The van der Waals surface area contributed by atoms with Crippen molar-refractivity contribution in [2.24, 2.45) is 0 Å². The van der Waals surface area contributed by atoms with Crippen LogP contribution in [0.2, 0.25) is 0 Å². The average molecular weight is 420 g/mol. The number of thiazole rings is 1. The predicted octanol–water partition coefficient (Wildman–Crippen LogP) is 2.70. The van der Waals surface area contributed by atoms with Crippen molar-refractivity contribution in [3.05, 3.63) is 41.6 Å². The fraction of sp³-hybridized carbons (Fsp3) is 0.188. The topological polar surface area (TPSA) is 136 Å². The van der Waals surface area contributed by atoms with Crippen molar-refractivity contribution in [2.75, 3.05) is 16.9 Å². The molecule has 0 aliphatic carbocycles. The lowest BCUT2D eigenvalue weighted by Crippen LogP contribution is -2.18. The van der Waals surface area contributed by atoms with Gasteiger partial charge >= 0.3 is 6.09 Å². The van der Waals surface area contributed by atoms with E-state index in [0.717, 1.165) is 6.26 Å². The zero-order valence-corrected chi connectivity index (χ0v) is 16.8. The quantitative estimate of drug-likeness (QED) is 0.638. The van der Waals surface area contributed by atoms with Gasteiger partial charge < -0.3 is 10.1 Å². The summed E-state index contributed by atoms with van der Waals surface area (Å²) in [5, 5.41) is 6.55. The number of nitrogens with zero attached hydrogens (tertiary/aromatic N) is 4. The molecular formula is C16H16N6O4S2. The Morgan fingerprint density at radius 2 is 2.00 bits per heavy atom. The summed E-state index contributed by atoms with van der Waals surface area (Å²) in [5.41, 5.74) is 0.420. The number of hydrogen-bond acceptors (Lipinski definition) is 10. The number of rotatable bonds is 5. The highest BCUT2D eigenvalue weighted by Crippen LogP contribution is 2.34. The molecule has 0 bridgehead atoms. The third-order valence-electron chi connectivity index (χ3n) is 3.30. The smallest absolute Gasteiger partial charge is 0.388 e. The number of carbonyl (C=O) groups excluding carboxylic acids is 1. The third-order valence-corrected chi connectivity index (χ3v) is 5.24. The SMILES string of the molecule is Cc1nccc(NC(=O)Oc2nc(C)sc2Nc2cncc(S(C)(=O)=O)c2)n1. The second-order valence-electron chi connectivity index (χ2n) is 5.68. The molecule has 146 valence electrons.